The molecule has 184 valence electrons. The van der Waals surface area contributed by atoms with Crippen LogP contribution in [-0.2, 0) is 19.1 Å². The minimum Gasteiger partial charge on any atom is -0.458 e. The molecule has 1 saturated heterocycles. The third-order valence-electron chi connectivity index (χ3n) is 11.6. The molecule has 4 aliphatic carbocycles. The Balaban J connectivity index is 1.33. The normalized spacial score (nSPS) is 52.2. The fourth-order valence-electron chi connectivity index (χ4n) is 9.54. The Morgan fingerprint density at radius 1 is 1.15 bits per heavy atom. The lowest BCUT2D eigenvalue weighted by atomic mass is 9.39. The minimum atomic E-state index is -0.739. The van der Waals surface area contributed by atoms with Gasteiger partial charge in [0.15, 0.2) is 5.78 Å². The van der Waals surface area contributed by atoms with Gasteiger partial charge in [-0.2, -0.15) is 0 Å². The number of cyclic esters (lactones) is 1. The quantitative estimate of drug-likeness (QED) is 0.363. The van der Waals surface area contributed by atoms with Crippen molar-refractivity contribution < 1.29 is 24.2 Å². The predicted octanol–water partition coefficient (Wildman–Crippen LogP) is 4.69. The fraction of sp³-hybridized carbons (Fsp3) is 0.724. The van der Waals surface area contributed by atoms with Crippen LogP contribution in [0.2, 0.25) is 0 Å². The summed E-state index contributed by atoms with van der Waals surface area (Å²) in [5.41, 5.74) is 1.84. The van der Waals surface area contributed by atoms with Gasteiger partial charge in [-0.1, -0.05) is 38.0 Å². The summed E-state index contributed by atoms with van der Waals surface area (Å²) in [6.07, 6.45) is 9.39. The van der Waals surface area contributed by atoms with Crippen molar-refractivity contribution in [2.45, 2.75) is 97.6 Å². The van der Waals surface area contributed by atoms with Crippen molar-refractivity contribution in [1.82, 2.24) is 0 Å². The Labute approximate surface area is 202 Å². The Morgan fingerprint density at radius 2 is 1.88 bits per heavy atom. The summed E-state index contributed by atoms with van der Waals surface area (Å²) in [4.78, 5) is 25.9. The van der Waals surface area contributed by atoms with Crippen LogP contribution in [0.25, 0.3) is 0 Å². The van der Waals surface area contributed by atoms with Gasteiger partial charge in [0, 0.05) is 17.9 Å². The van der Waals surface area contributed by atoms with Gasteiger partial charge in [0.25, 0.3) is 0 Å². The molecule has 6 aliphatic rings. The van der Waals surface area contributed by atoms with E-state index in [0.717, 1.165) is 43.3 Å². The fourth-order valence-corrected chi connectivity index (χ4v) is 9.54. The smallest absolute Gasteiger partial charge is 0.333 e. The van der Waals surface area contributed by atoms with E-state index in [9.17, 15) is 14.7 Å². The average molecular weight is 467 g/mol. The van der Waals surface area contributed by atoms with Gasteiger partial charge in [0.05, 0.1) is 11.5 Å². The Bertz CT molecular complexity index is 1080. The average Bonchev–Trinajstić information content (AvgIpc) is 3.39. The van der Waals surface area contributed by atoms with Crippen LogP contribution in [0.15, 0.2) is 34.9 Å². The third-order valence-corrected chi connectivity index (χ3v) is 11.6. The van der Waals surface area contributed by atoms with Crippen LogP contribution in [0.3, 0.4) is 0 Å². The lowest BCUT2D eigenvalue weighted by Crippen LogP contribution is -2.66. The number of carbonyl (C=O) groups is 2. The second kappa shape index (κ2) is 6.73. The molecule has 3 fully saturated rings. The van der Waals surface area contributed by atoms with Gasteiger partial charge in [-0.15, -0.1) is 0 Å². The summed E-state index contributed by atoms with van der Waals surface area (Å²) >= 11 is 0. The molecular weight excluding hydrogens is 428 g/mol. The van der Waals surface area contributed by atoms with Crippen molar-refractivity contribution in [3.63, 3.8) is 0 Å². The van der Waals surface area contributed by atoms with E-state index in [0.29, 0.717) is 5.92 Å². The molecule has 2 aliphatic heterocycles. The molecule has 6 rings (SSSR count). The first kappa shape index (κ1) is 22.7. The number of epoxide rings is 1. The van der Waals surface area contributed by atoms with Gasteiger partial charge < -0.3 is 14.6 Å². The van der Waals surface area contributed by atoms with Crippen molar-refractivity contribution >= 4 is 11.8 Å². The maximum atomic E-state index is 13.4. The van der Waals surface area contributed by atoms with Crippen LogP contribution in [0.4, 0.5) is 0 Å². The molecule has 10 unspecified atom stereocenters. The zero-order valence-corrected chi connectivity index (χ0v) is 21.3. The number of aliphatic hydroxyl groups excluding tert-OH is 1. The van der Waals surface area contributed by atoms with Crippen molar-refractivity contribution in [2.75, 3.05) is 0 Å². The third kappa shape index (κ3) is 2.43. The van der Waals surface area contributed by atoms with E-state index in [4.69, 9.17) is 9.47 Å². The highest BCUT2D eigenvalue weighted by molar-refractivity contribution is 5.98. The molecule has 2 saturated carbocycles. The zero-order valence-electron chi connectivity index (χ0n) is 21.3. The second-order valence-electron chi connectivity index (χ2n) is 12.8. The van der Waals surface area contributed by atoms with E-state index in [1.165, 1.54) is 5.57 Å². The van der Waals surface area contributed by atoms with E-state index >= 15 is 0 Å². The Hall–Kier alpha value is -1.72. The molecule has 0 amide bonds. The lowest BCUT2D eigenvalue weighted by molar-refractivity contribution is -0.164. The molecule has 5 nitrogen and oxygen atoms in total. The van der Waals surface area contributed by atoms with E-state index in [1.54, 1.807) is 12.2 Å². The first-order chi connectivity index (χ1) is 15.9. The highest BCUT2D eigenvalue weighted by Gasteiger charge is 2.82. The molecule has 1 spiro atoms. The Morgan fingerprint density at radius 3 is 2.59 bits per heavy atom. The van der Waals surface area contributed by atoms with Gasteiger partial charge >= 0.3 is 5.97 Å². The minimum absolute atomic E-state index is 0.0125. The summed E-state index contributed by atoms with van der Waals surface area (Å²) in [5, 5.41) is 10.9. The van der Waals surface area contributed by atoms with Crippen LogP contribution in [0.5, 0.6) is 0 Å². The number of aliphatic hydroxyl groups is 1. The first-order valence-corrected chi connectivity index (χ1v) is 13.1. The molecule has 0 radical (unpaired) electrons. The monoisotopic (exact) mass is 466 g/mol. The van der Waals surface area contributed by atoms with Crippen LogP contribution in [0.1, 0.15) is 73.6 Å². The van der Waals surface area contributed by atoms with E-state index in [-0.39, 0.29) is 46.6 Å². The Kier molecular flexibility index (Phi) is 4.50. The summed E-state index contributed by atoms with van der Waals surface area (Å²) < 4.78 is 12.2. The topological polar surface area (TPSA) is 76.1 Å². The van der Waals surface area contributed by atoms with E-state index < -0.39 is 17.1 Å². The number of esters is 1. The SMILES string of the molecule is CC1=C(C)C(=O)OC(C(C)C2=CCC3C2(C)CCC2C3(C)CC3OC34C(O)C=CC(=O)C24C)C1. The molecule has 2 heterocycles. The number of rotatable bonds is 2. The molecule has 34 heavy (non-hydrogen) atoms. The summed E-state index contributed by atoms with van der Waals surface area (Å²) in [6, 6.07) is 0. The number of hydrogen-bond donors (Lipinski definition) is 1. The van der Waals surface area contributed by atoms with E-state index in [1.807, 2.05) is 13.8 Å². The van der Waals surface area contributed by atoms with Gasteiger partial charge in [-0.05, 0) is 81.3 Å². The summed E-state index contributed by atoms with van der Waals surface area (Å²) in [7, 11) is 0. The van der Waals surface area contributed by atoms with Gasteiger partial charge in [-0.25, -0.2) is 4.79 Å². The van der Waals surface area contributed by atoms with Crippen LogP contribution < -0.4 is 0 Å². The van der Waals surface area contributed by atoms with Crippen molar-refractivity contribution in [2.24, 2.45) is 34.0 Å². The van der Waals surface area contributed by atoms with Gasteiger partial charge in [0.2, 0.25) is 0 Å². The zero-order chi connectivity index (χ0) is 24.4. The van der Waals surface area contributed by atoms with Crippen LogP contribution >= 0.6 is 0 Å². The molecule has 0 aromatic rings. The highest BCUT2D eigenvalue weighted by atomic mass is 16.6. The van der Waals surface area contributed by atoms with Crippen molar-refractivity contribution in [1.29, 1.82) is 0 Å². The summed E-state index contributed by atoms with van der Waals surface area (Å²) in [6.45, 7) is 13.0. The van der Waals surface area contributed by atoms with Crippen molar-refractivity contribution in [3.8, 4) is 0 Å². The van der Waals surface area contributed by atoms with Crippen LogP contribution in [0, 0.1) is 34.0 Å². The molecule has 1 N–H and O–H groups in total. The van der Waals surface area contributed by atoms with E-state index in [2.05, 4.69) is 33.8 Å². The summed E-state index contributed by atoms with van der Waals surface area (Å²) in [5.74, 6) is 0.683. The predicted molar refractivity (Wildman–Crippen MR) is 128 cm³/mol. The number of hydrogen-bond acceptors (Lipinski definition) is 5. The standard InChI is InChI=1S/C29H38O5/c1-15-13-19(33-25(32)16(15)2)17(3)18-7-8-20-26(18,4)12-11-21-27(20,5)14-24-29(34-24)23(31)10-9-22(30)28(21,29)6/h7,9-10,17,19-21,23-24,31H,8,11-14H2,1-6H3. The number of carbonyl (C=O) groups excluding carboxylic acids is 2. The molecular formula is C29H38O5. The number of allylic oxidation sites excluding steroid dienone is 2. The molecule has 0 bridgehead atoms. The molecule has 10 atom stereocenters. The van der Waals surface area contributed by atoms with Crippen LogP contribution in [-0.4, -0.2) is 40.8 Å². The molecule has 5 heteroatoms. The molecule has 0 aromatic heterocycles. The highest BCUT2D eigenvalue weighted by Crippen LogP contribution is 2.76. The molecule has 0 aromatic carbocycles. The number of ether oxygens (including phenoxy) is 2. The second-order valence-corrected chi connectivity index (χ2v) is 12.8. The van der Waals surface area contributed by atoms with Gasteiger partial charge in [0.1, 0.15) is 17.8 Å². The first-order valence-electron chi connectivity index (χ1n) is 13.1. The maximum absolute atomic E-state index is 13.4. The van der Waals surface area contributed by atoms with Crippen molar-refractivity contribution in [3.05, 3.63) is 34.9 Å². The maximum Gasteiger partial charge on any atom is 0.333 e. The lowest BCUT2D eigenvalue weighted by Gasteiger charge is -2.63. The van der Waals surface area contributed by atoms with Gasteiger partial charge in [-0.3, -0.25) is 4.79 Å². The largest absolute Gasteiger partial charge is 0.458 e. The number of fused-ring (bicyclic) bond motifs is 4. The number of ketones is 1.